The SMILES string of the molecule is CCN(C)CC(F)([N+](=O)[O-])S(=O)(=O)c1ccccc1. The van der Waals surface area contributed by atoms with Crippen LogP contribution in [0.3, 0.4) is 0 Å². The molecule has 0 radical (unpaired) electrons. The molecule has 1 unspecified atom stereocenters. The maximum absolute atomic E-state index is 14.5. The summed E-state index contributed by atoms with van der Waals surface area (Å²) in [6, 6.07) is 6.59. The molecule has 6 nitrogen and oxygen atoms in total. The highest BCUT2D eigenvalue weighted by atomic mass is 32.2. The number of hydrogen-bond donors (Lipinski definition) is 0. The molecular formula is C11H15FN2O4S. The van der Waals surface area contributed by atoms with Gasteiger partial charge in [0.15, 0.2) is 0 Å². The van der Waals surface area contributed by atoms with E-state index in [4.69, 9.17) is 0 Å². The van der Waals surface area contributed by atoms with Crippen molar-refractivity contribution in [2.45, 2.75) is 16.9 Å². The van der Waals surface area contributed by atoms with Gasteiger partial charge in [0, 0.05) is 0 Å². The smallest absolute Gasteiger partial charge is 0.296 e. The first-order valence-corrected chi connectivity index (χ1v) is 7.05. The number of rotatable bonds is 6. The van der Waals surface area contributed by atoms with Crippen LogP contribution in [0.25, 0.3) is 0 Å². The molecule has 1 aromatic rings. The summed E-state index contributed by atoms with van der Waals surface area (Å²) in [6.45, 7) is 1.12. The number of nitrogens with zero attached hydrogens (tertiary/aromatic N) is 2. The highest BCUT2D eigenvalue weighted by Crippen LogP contribution is 2.28. The number of benzene rings is 1. The van der Waals surface area contributed by atoms with Crippen LogP contribution in [0.2, 0.25) is 0 Å². The van der Waals surface area contributed by atoms with Gasteiger partial charge in [-0.1, -0.05) is 25.1 Å². The van der Waals surface area contributed by atoms with E-state index in [1.54, 1.807) is 13.0 Å². The van der Waals surface area contributed by atoms with Crippen molar-refractivity contribution in [3.8, 4) is 0 Å². The standard InChI is InChI=1S/C11H15FN2O4S/c1-3-13(2)9-11(12,14(15)16)19(17,18)10-7-5-4-6-8-10/h4-8H,3,9H2,1-2H3. The summed E-state index contributed by atoms with van der Waals surface area (Å²) < 4.78 is 38.7. The Morgan fingerprint density at radius 1 is 1.37 bits per heavy atom. The van der Waals surface area contributed by atoms with Crippen molar-refractivity contribution < 1.29 is 17.7 Å². The second-order valence-electron chi connectivity index (χ2n) is 4.09. The third kappa shape index (κ3) is 2.90. The van der Waals surface area contributed by atoms with Crippen LogP contribution in [0, 0.1) is 10.1 Å². The molecule has 1 aromatic carbocycles. The molecule has 0 aromatic heterocycles. The Bertz CT molecular complexity index is 549. The molecule has 0 heterocycles. The minimum atomic E-state index is -4.71. The first-order valence-electron chi connectivity index (χ1n) is 5.57. The van der Waals surface area contributed by atoms with E-state index in [-0.39, 0.29) is 0 Å². The largest absolute Gasteiger partial charge is 0.475 e. The second kappa shape index (κ2) is 5.62. The maximum atomic E-state index is 14.5. The van der Waals surface area contributed by atoms with Crippen molar-refractivity contribution in [2.75, 3.05) is 20.1 Å². The van der Waals surface area contributed by atoms with E-state index in [1.165, 1.54) is 24.1 Å². The third-order valence-electron chi connectivity index (χ3n) is 2.74. The van der Waals surface area contributed by atoms with Gasteiger partial charge in [-0.2, -0.15) is 0 Å². The van der Waals surface area contributed by atoms with Crippen LogP contribution in [0.1, 0.15) is 6.92 Å². The first kappa shape index (κ1) is 15.5. The van der Waals surface area contributed by atoms with Crippen molar-refractivity contribution in [3.05, 3.63) is 40.4 Å². The van der Waals surface area contributed by atoms with Gasteiger partial charge in [-0.3, -0.25) is 15.0 Å². The molecule has 0 amide bonds. The van der Waals surface area contributed by atoms with Crippen LogP contribution >= 0.6 is 0 Å². The molecule has 19 heavy (non-hydrogen) atoms. The topological polar surface area (TPSA) is 80.5 Å². The predicted octanol–water partition coefficient (Wildman–Crippen LogP) is 1.31. The van der Waals surface area contributed by atoms with Crippen LogP contribution in [-0.4, -0.2) is 43.5 Å². The zero-order chi connectivity index (χ0) is 14.7. The fraction of sp³-hybridized carbons (Fsp3) is 0.455. The number of likely N-dealkylation sites (N-methyl/N-ethyl adjacent to an activating group) is 1. The summed E-state index contributed by atoms with van der Waals surface area (Å²) >= 11 is 0. The van der Waals surface area contributed by atoms with Gasteiger partial charge in [-0.05, 0) is 25.7 Å². The lowest BCUT2D eigenvalue weighted by atomic mass is 10.4. The molecule has 0 aliphatic carbocycles. The number of halogens is 1. The lowest BCUT2D eigenvalue weighted by Crippen LogP contribution is -2.50. The summed E-state index contributed by atoms with van der Waals surface area (Å²) in [6.07, 6.45) is 0. The highest BCUT2D eigenvalue weighted by Gasteiger charge is 2.58. The normalized spacial score (nSPS) is 15.2. The Hall–Kier alpha value is -1.54. The molecule has 0 saturated heterocycles. The van der Waals surface area contributed by atoms with Gasteiger partial charge in [0.1, 0.15) is 6.54 Å². The van der Waals surface area contributed by atoms with Crippen LogP contribution < -0.4 is 0 Å². The minimum Gasteiger partial charge on any atom is -0.296 e. The number of hydrogen-bond acceptors (Lipinski definition) is 5. The molecule has 0 saturated carbocycles. The molecule has 0 aliphatic rings. The predicted molar refractivity (Wildman–Crippen MR) is 67.6 cm³/mol. The molecule has 1 atom stereocenters. The average molecular weight is 290 g/mol. The van der Waals surface area contributed by atoms with Crippen LogP contribution in [0.5, 0.6) is 0 Å². The molecule has 0 spiro atoms. The fourth-order valence-corrected chi connectivity index (χ4v) is 2.93. The van der Waals surface area contributed by atoms with Crippen molar-refractivity contribution in [1.82, 2.24) is 4.90 Å². The van der Waals surface area contributed by atoms with Crippen LogP contribution in [-0.2, 0) is 9.84 Å². The lowest BCUT2D eigenvalue weighted by molar-refractivity contribution is -0.573. The Balaban J connectivity index is 3.30. The van der Waals surface area contributed by atoms with Gasteiger partial charge < -0.3 is 0 Å². The zero-order valence-corrected chi connectivity index (χ0v) is 11.4. The summed E-state index contributed by atoms with van der Waals surface area (Å²) in [5.74, 6) is 0. The second-order valence-corrected chi connectivity index (χ2v) is 6.20. The van der Waals surface area contributed by atoms with E-state index in [0.717, 1.165) is 12.1 Å². The maximum Gasteiger partial charge on any atom is 0.475 e. The Morgan fingerprint density at radius 3 is 2.32 bits per heavy atom. The Morgan fingerprint density at radius 2 is 1.89 bits per heavy atom. The number of sulfone groups is 1. The van der Waals surface area contributed by atoms with Crippen molar-refractivity contribution in [2.24, 2.45) is 0 Å². The van der Waals surface area contributed by atoms with E-state index in [2.05, 4.69) is 0 Å². The first-order chi connectivity index (χ1) is 8.75. The fourth-order valence-electron chi connectivity index (χ4n) is 1.47. The summed E-state index contributed by atoms with van der Waals surface area (Å²) in [4.78, 5) is 10.4. The molecule has 1 rings (SSSR count). The van der Waals surface area contributed by atoms with E-state index in [9.17, 15) is 22.9 Å². The van der Waals surface area contributed by atoms with Crippen molar-refractivity contribution >= 4 is 9.84 Å². The zero-order valence-electron chi connectivity index (χ0n) is 10.6. The molecule has 106 valence electrons. The summed E-state index contributed by atoms with van der Waals surface area (Å²) in [5, 5.41) is 7.36. The Kier molecular flexibility index (Phi) is 4.59. The van der Waals surface area contributed by atoms with Crippen LogP contribution in [0.4, 0.5) is 4.39 Å². The van der Waals surface area contributed by atoms with Gasteiger partial charge >= 0.3 is 5.12 Å². The van der Waals surface area contributed by atoms with Gasteiger partial charge in [0.2, 0.25) is 0 Å². The third-order valence-corrected chi connectivity index (χ3v) is 4.74. The number of alkyl halides is 1. The molecular weight excluding hydrogens is 275 g/mol. The van der Waals surface area contributed by atoms with Crippen molar-refractivity contribution in [3.63, 3.8) is 0 Å². The monoisotopic (exact) mass is 290 g/mol. The van der Waals surface area contributed by atoms with E-state index in [0.29, 0.717) is 6.54 Å². The molecule has 0 N–H and O–H groups in total. The van der Waals surface area contributed by atoms with E-state index < -0.39 is 31.3 Å². The van der Waals surface area contributed by atoms with E-state index >= 15 is 0 Å². The van der Waals surface area contributed by atoms with Gasteiger partial charge in [-0.25, -0.2) is 8.42 Å². The summed E-state index contributed by atoms with van der Waals surface area (Å²) in [5.41, 5.74) is 0. The molecule has 0 aliphatic heterocycles. The number of nitro groups is 1. The lowest BCUT2D eigenvalue weighted by Gasteiger charge is -2.22. The van der Waals surface area contributed by atoms with Gasteiger partial charge in [0.25, 0.3) is 9.84 Å². The van der Waals surface area contributed by atoms with Crippen molar-refractivity contribution in [1.29, 1.82) is 0 Å². The van der Waals surface area contributed by atoms with E-state index in [1.807, 2.05) is 0 Å². The van der Waals surface area contributed by atoms with Gasteiger partial charge in [0.05, 0.1) is 9.82 Å². The van der Waals surface area contributed by atoms with Crippen LogP contribution in [0.15, 0.2) is 35.2 Å². The highest BCUT2D eigenvalue weighted by molar-refractivity contribution is 7.92. The minimum absolute atomic E-state index is 0.295. The summed E-state index contributed by atoms with van der Waals surface area (Å²) in [7, 11) is -3.30. The van der Waals surface area contributed by atoms with Gasteiger partial charge in [-0.15, -0.1) is 4.39 Å². The molecule has 0 bridgehead atoms. The quantitative estimate of drug-likeness (QED) is 0.448. The molecule has 0 fully saturated rings. The Labute approximate surface area is 110 Å². The molecule has 8 heteroatoms. The average Bonchev–Trinajstić information content (AvgIpc) is 2.39.